The minimum absolute atomic E-state index is 0.0445. The van der Waals surface area contributed by atoms with Crippen molar-refractivity contribution in [1.29, 1.82) is 0 Å². The number of cyclic esters (lactones) is 1. The first-order valence-corrected chi connectivity index (χ1v) is 5.62. The fourth-order valence-corrected chi connectivity index (χ4v) is 1.54. The SMILES string of the molecule is CC(C)(C)OC(=O)NC1C[C@H](CCO)OC1=O. The predicted molar refractivity (Wildman–Crippen MR) is 59.4 cm³/mol. The summed E-state index contributed by atoms with van der Waals surface area (Å²) in [4.78, 5) is 22.8. The van der Waals surface area contributed by atoms with Gasteiger partial charge in [0.1, 0.15) is 17.7 Å². The Balaban J connectivity index is 2.42. The highest BCUT2D eigenvalue weighted by atomic mass is 16.6. The maximum Gasteiger partial charge on any atom is 0.408 e. The van der Waals surface area contributed by atoms with E-state index in [0.717, 1.165) is 0 Å². The lowest BCUT2D eigenvalue weighted by Gasteiger charge is -2.20. The quantitative estimate of drug-likeness (QED) is 0.710. The fourth-order valence-electron chi connectivity index (χ4n) is 1.54. The van der Waals surface area contributed by atoms with Gasteiger partial charge >= 0.3 is 12.1 Å². The van der Waals surface area contributed by atoms with E-state index in [9.17, 15) is 9.59 Å². The second kappa shape index (κ2) is 5.35. The molecule has 1 amide bonds. The van der Waals surface area contributed by atoms with Crippen molar-refractivity contribution < 1.29 is 24.2 Å². The van der Waals surface area contributed by atoms with Gasteiger partial charge in [-0.25, -0.2) is 9.59 Å². The van der Waals surface area contributed by atoms with Crippen LogP contribution in [0.15, 0.2) is 0 Å². The number of aliphatic hydroxyl groups is 1. The molecule has 0 bridgehead atoms. The maximum atomic E-state index is 11.4. The zero-order valence-corrected chi connectivity index (χ0v) is 10.4. The first kappa shape index (κ1) is 13.8. The van der Waals surface area contributed by atoms with Gasteiger partial charge in [-0.2, -0.15) is 0 Å². The predicted octanol–water partition coefficient (Wildman–Crippen LogP) is 0.578. The Morgan fingerprint density at radius 1 is 1.59 bits per heavy atom. The summed E-state index contributed by atoms with van der Waals surface area (Å²) >= 11 is 0. The molecule has 1 aliphatic heterocycles. The van der Waals surface area contributed by atoms with E-state index in [1.807, 2.05) is 0 Å². The molecule has 0 aromatic heterocycles. The zero-order chi connectivity index (χ0) is 13.1. The van der Waals surface area contributed by atoms with Gasteiger partial charge in [0.05, 0.1) is 0 Å². The van der Waals surface area contributed by atoms with E-state index in [-0.39, 0.29) is 12.7 Å². The molecule has 0 spiro atoms. The molecule has 6 nitrogen and oxygen atoms in total. The van der Waals surface area contributed by atoms with Crippen LogP contribution in [0.1, 0.15) is 33.6 Å². The molecule has 2 N–H and O–H groups in total. The van der Waals surface area contributed by atoms with Gasteiger partial charge in [0.2, 0.25) is 0 Å². The van der Waals surface area contributed by atoms with Crippen LogP contribution in [0, 0.1) is 0 Å². The van der Waals surface area contributed by atoms with Crippen LogP contribution < -0.4 is 5.32 Å². The van der Waals surface area contributed by atoms with E-state index >= 15 is 0 Å². The van der Waals surface area contributed by atoms with Crippen LogP contribution in [0.3, 0.4) is 0 Å². The number of carbonyl (C=O) groups excluding carboxylic acids is 2. The summed E-state index contributed by atoms with van der Waals surface area (Å²) in [5.41, 5.74) is -0.600. The summed E-state index contributed by atoms with van der Waals surface area (Å²) < 4.78 is 10.0. The number of carbonyl (C=O) groups is 2. The topological polar surface area (TPSA) is 84.9 Å². The Morgan fingerprint density at radius 2 is 2.24 bits per heavy atom. The molecule has 0 saturated carbocycles. The molecule has 1 fully saturated rings. The third kappa shape index (κ3) is 4.60. The second-order valence-corrected chi connectivity index (χ2v) is 5.01. The first-order chi connectivity index (χ1) is 7.81. The van der Waals surface area contributed by atoms with Gasteiger partial charge in [0, 0.05) is 19.4 Å². The maximum absolute atomic E-state index is 11.4. The van der Waals surface area contributed by atoms with Crippen molar-refractivity contribution in [2.24, 2.45) is 0 Å². The van der Waals surface area contributed by atoms with Crippen molar-refractivity contribution in [3.05, 3.63) is 0 Å². The van der Waals surface area contributed by atoms with E-state index in [0.29, 0.717) is 12.8 Å². The number of nitrogens with one attached hydrogen (secondary N) is 1. The molecular weight excluding hydrogens is 226 g/mol. The monoisotopic (exact) mass is 245 g/mol. The largest absolute Gasteiger partial charge is 0.461 e. The summed E-state index contributed by atoms with van der Waals surface area (Å²) in [6.07, 6.45) is -0.201. The summed E-state index contributed by atoms with van der Waals surface area (Å²) in [5.74, 6) is -0.477. The van der Waals surface area contributed by atoms with Crippen LogP contribution in [0.5, 0.6) is 0 Å². The van der Waals surface area contributed by atoms with Gasteiger partial charge in [-0.3, -0.25) is 0 Å². The van der Waals surface area contributed by atoms with Crippen molar-refractivity contribution in [2.45, 2.75) is 51.4 Å². The zero-order valence-electron chi connectivity index (χ0n) is 10.4. The number of esters is 1. The van der Waals surface area contributed by atoms with Crippen LogP contribution in [0.2, 0.25) is 0 Å². The molecular formula is C11H19NO5. The van der Waals surface area contributed by atoms with E-state index in [1.165, 1.54) is 0 Å². The number of ether oxygens (including phenoxy) is 2. The highest BCUT2D eigenvalue weighted by Gasteiger charge is 2.35. The van der Waals surface area contributed by atoms with Gasteiger partial charge < -0.3 is 19.9 Å². The minimum Gasteiger partial charge on any atom is -0.461 e. The van der Waals surface area contributed by atoms with Gasteiger partial charge in [-0.05, 0) is 20.8 Å². The van der Waals surface area contributed by atoms with Crippen LogP contribution in [-0.2, 0) is 14.3 Å². The molecule has 6 heteroatoms. The molecule has 1 rings (SSSR count). The molecule has 1 aliphatic rings. The molecule has 0 aromatic carbocycles. The highest BCUT2D eigenvalue weighted by molar-refractivity contribution is 5.83. The summed E-state index contributed by atoms with van der Waals surface area (Å²) in [6.45, 7) is 5.19. The lowest BCUT2D eigenvalue weighted by atomic mass is 10.1. The van der Waals surface area contributed by atoms with E-state index < -0.39 is 23.7 Å². The lowest BCUT2D eigenvalue weighted by Crippen LogP contribution is -2.41. The Morgan fingerprint density at radius 3 is 2.76 bits per heavy atom. The van der Waals surface area contributed by atoms with Crippen molar-refractivity contribution in [3.63, 3.8) is 0 Å². The van der Waals surface area contributed by atoms with E-state index in [1.54, 1.807) is 20.8 Å². The van der Waals surface area contributed by atoms with Crippen LogP contribution in [0.4, 0.5) is 4.79 Å². The molecule has 0 aromatic rings. The van der Waals surface area contributed by atoms with Crippen LogP contribution in [-0.4, -0.2) is 41.5 Å². The van der Waals surface area contributed by atoms with Crippen molar-refractivity contribution in [3.8, 4) is 0 Å². The van der Waals surface area contributed by atoms with E-state index in [4.69, 9.17) is 14.6 Å². The summed E-state index contributed by atoms with van der Waals surface area (Å²) in [5, 5.41) is 11.2. The van der Waals surface area contributed by atoms with Gasteiger partial charge in [0.25, 0.3) is 0 Å². The summed E-state index contributed by atoms with van der Waals surface area (Å²) in [6, 6.07) is -0.679. The molecule has 2 atom stereocenters. The molecule has 1 saturated heterocycles. The second-order valence-electron chi connectivity index (χ2n) is 5.01. The minimum atomic E-state index is -0.679. The molecule has 17 heavy (non-hydrogen) atoms. The van der Waals surface area contributed by atoms with Crippen molar-refractivity contribution >= 4 is 12.1 Å². The molecule has 1 unspecified atom stereocenters. The highest BCUT2D eigenvalue weighted by Crippen LogP contribution is 2.18. The Kier molecular flexibility index (Phi) is 4.34. The van der Waals surface area contributed by atoms with Gasteiger partial charge in [-0.1, -0.05) is 0 Å². The number of alkyl carbamates (subject to hydrolysis) is 1. The first-order valence-electron chi connectivity index (χ1n) is 5.62. The average molecular weight is 245 g/mol. The standard InChI is InChI=1S/C11H19NO5/c1-11(2,3)17-10(15)12-8-6-7(4-5-13)16-9(8)14/h7-8,13H,4-6H2,1-3H3,(H,12,15)/t7-,8?/m0/s1. The molecule has 98 valence electrons. The normalized spacial score (nSPS) is 24.4. The average Bonchev–Trinajstić information content (AvgIpc) is 2.44. The number of amides is 1. The fraction of sp³-hybridized carbons (Fsp3) is 0.818. The summed E-state index contributed by atoms with van der Waals surface area (Å²) in [7, 11) is 0. The third-order valence-corrected chi connectivity index (χ3v) is 2.21. The molecule has 1 heterocycles. The van der Waals surface area contributed by atoms with Gasteiger partial charge in [-0.15, -0.1) is 0 Å². The van der Waals surface area contributed by atoms with Crippen molar-refractivity contribution in [1.82, 2.24) is 5.32 Å². The number of hydrogen-bond acceptors (Lipinski definition) is 5. The Hall–Kier alpha value is -1.30. The smallest absolute Gasteiger partial charge is 0.408 e. The van der Waals surface area contributed by atoms with Crippen LogP contribution in [0.25, 0.3) is 0 Å². The molecule has 0 aliphatic carbocycles. The van der Waals surface area contributed by atoms with Crippen LogP contribution >= 0.6 is 0 Å². The van der Waals surface area contributed by atoms with Crippen molar-refractivity contribution in [2.75, 3.05) is 6.61 Å². The Bertz CT molecular complexity index is 297. The third-order valence-electron chi connectivity index (χ3n) is 2.21. The number of hydrogen-bond donors (Lipinski definition) is 2. The number of aliphatic hydroxyl groups excluding tert-OH is 1. The molecule has 0 radical (unpaired) electrons. The number of rotatable bonds is 3. The van der Waals surface area contributed by atoms with Gasteiger partial charge in [0.15, 0.2) is 0 Å². The lowest BCUT2D eigenvalue weighted by molar-refractivity contribution is -0.143. The van der Waals surface area contributed by atoms with E-state index in [2.05, 4.69) is 5.32 Å². The Labute approximate surface area is 100 Å².